The Morgan fingerprint density at radius 2 is 2.02 bits per heavy atom. The van der Waals surface area contributed by atoms with Crippen molar-refractivity contribution in [1.29, 1.82) is 0 Å². The van der Waals surface area contributed by atoms with Crippen LogP contribution in [0.5, 0.6) is 0 Å². The van der Waals surface area contributed by atoms with Crippen molar-refractivity contribution >= 4 is 52.6 Å². The Kier molecular flexibility index (Phi) is 7.14. The summed E-state index contributed by atoms with van der Waals surface area (Å²) >= 11 is 5.10. The van der Waals surface area contributed by atoms with Crippen LogP contribution >= 0.6 is 6.72 Å². The molecule has 6 rings (SSSR count). The third-order valence-corrected chi connectivity index (χ3v) is 8.32. The van der Waals surface area contributed by atoms with Crippen LogP contribution < -0.4 is 17.0 Å². The minimum Gasteiger partial charge on any atom is -0.394 e. The van der Waals surface area contributed by atoms with Gasteiger partial charge in [0.25, 0.3) is 5.56 Å². The smallest absolute Gasteiger partial charge is 0.327 e. The van der Waals surface area contributed by atoms with E-state index in [9.17, 15) is 19.9 Å². The summed E-state index contributed by atoms with van der Waals surface area (Å²) < 4.78 is 54.7. The Bertz CT molecular complexity index is 1760. The molecule has 0 amide bonds. The predicted molar refractivity (Wildman–Crippen MR) is 138 cm³/mol. The summed E-state index contributed by atoms with van der Waals surface area (Å²) in [6.07, 6.45) is -7.94. The highest BCUT2D eigenvalue weighted by atomic mass is 32.5. The molecule has 19 nitrogen and oxygen atoms in total. The maximum absolute atomic E-state index is 15.8. The molecular formula is C19H22F2N11O8PS. The van der Waals surface area contributed by atoms with Crippen LogP contribution in [-0.2, 0) is 36.1 Å². The van der Waals surface area contributed by atoms with E-state index in [1.54, 1.807) is 0 Å². The Morgan fingerprint density at radius 3 is 2.76 bits per heavy atom. The number of rotatable bonds is 8. The number of hydrogen-bond donors (Lipinski definition) is 6. The second-order valence-corrected chi connectivity index (χ2v) is 12.1. The van der Waals surface area contributed by atoms with Gasteiger partial charge in [-0.25, -0.2) is 23.7 Å². The van der Waals surface area contributed by atoms with Crippen molar-refractivity contribution in [2.45, 2.75) is 42.6 Å². The van der Waals surface area contributed by atoms with E-state index in [-0.39, 0.29) is 34.1 Å². The molecular weight excluding hydrogens is 611 g/mol. The molecule has 4 aromatic heterocycles. The molecule has 0 aromatic carbocycles. The molecule has 1 unspecified atom stereocenters. The van der Waals surface area contributed by atoms with Crippen molar-refractivity contribution in [3.8, 4) is 0 Å². The van der Waals surface area contributed by atoms with Crippen LogP contribution in [0.2, 0.25) is 0 Å². The van der Waals surface area contributed by atoms with Crippen LogP contribution in [0.1, 0.15) is 6.23 Å². The number of anilines is 2. The van der Waals surface area contributed by atoms with Crippen molar-refractivity contribution in [3.05, 3.63) is 23.0 Å². The largest absolute Gasteiger partial charge is 0.394 e. The van der Waals surface area contributed by atoms with Gasteiger partial charge in [0.2, 0.25) is 11.7 Å². The quantitative estimate of drug-likeness (QED) is 0.112. The van der Waals surface area contributed by atoms with E-state index in [2.05, 4.69) is 35.2 Å². The molecule has 23 heteroatoms. The van der Waals surface area contributed by atoms with Gasteiger partial charge in [-0.3, -0.25) is 18.9 Å². The molecule has 0 bridgehead atoms. The lowest BCUT2D eigenvalue weighted by molar-refractivity contribution is -0.0851. The predicted octanol–water partition coefficient (Wildman–Crippen LogP) is -2.25. The fourth-order valence-electron chi connectivity index (χ4n) is 4.73. The molecule has 226 valence electrons. The number of aliphatic hydroxyl groups is 2. The highest BCUT2D eigenvalue weighted by Gasteiger charge is 2.58. The molecule has 2 saturated heterocycles. The number of ether oxygens (including phenoxy) is 2. The Balaban J connectivity index is 1.25. The van der Waals surface area contributed by atoms with Gasteiger partial charge in [0.05, 0.1) is 19.5 Å². The number of H-pyrrole nitrogens is 1. The maximum Gasteiger partial charge on any atom is 0.327 e. The number of fused-ring (bicyclic) bond motifs is 2. The SMILES string of the molecule is Nc1nc2c(nnn2[C@]2(OP(O)(=S)OC[C@H]3O[C@@H](n4cnc5c(N)ncnc54)[C@@H](F)[C@@H]3O)CO[C@H](CO)[C@@H]2F)c(=O)[nH]1. The molecule has 6 heterocycles. The zero-order valence-electron chi connectivity index (χ0n) is 21.0. The number of aromatic nitrogens is 9. The van der Waals surface area contributed by atoms with E-state index >= 15 is 8.78 Å². The first-order chi connectivity index (χ1) is 20.0. The first-order valence-corrected chi connectivity index (χ1v) is 14.6. The van der Waals surface area contributed by atoms with E-state index in [0.717, 1.165) is 6.33 Å². The van der Waals surface area contributed by atoms with Gasteiger partial charge in [-0.05, 0) is 11.8 Å². The molecule has 42 heavy (non-hydrogen) atoms. The van der Waals surface area contributed by atoms with Crippen LogP contribution in [0.25, 0.3) is 22.3 Å². The van der Waals surface area contributed by atoms with Gasteiger partial charge in [0.1, 0.15) is 36.8 Å². The maximum atomic E-state index is 15.8. The fraction of sp³-hybridized carbons (Fsp3) is 0.526. The summed E-state index contributed by atoms with van der Waals surface area (Å²) in [6, 6.07) is 0. The summed E-state index contributed by atoms with van der Waals surface area (Å²) in [5.41, 5.74) is 7.80. The Labute approximate surface area is 236 Å². The molecule has 0 saturated carbocycles. The van der Waals surface area contributed by atoms with Crippen LogP contribution in [0.15, 0.2) is 17.4 Å². The average molecular weight is 633 g/mol. The second kappa shape index (κ2) is 10.4. The van der Waals surface area contributed by atoms with Crippen LogP contribution in [0.3, 0.4) is 0 Å². The van der Waals surface area contributed by atoms with Gasteiger partial charge in [0.15, 0.2) is 41.2 Å². The summed E-state index contributed by atoms with van der Waals surface area (Å²) in [5.74, 6) is -0.311. The summed E-state index contributed by atoms with van der Waals surface area (Å²) in [7, 11) is 0. The number of nitrogen functional groups attached to an aromatic ring is 2. The first-order valence-electron chi connectivity index (χ1n) is 12.0. The molecule has 0 spiro atoms. The number of nitrogens with zero attached hydrogens (tertiary/aromatic N) is 8. The number of aliphatic hydroxyl groups excluding tert-OH is 2. The van der Waals surface area contributed by atoms with Crippen LogP contribution in [0, 0.1) is 0 Å². The van der Waals surface area contributed by atoms with E-state index in [4.69, 9.17) is 41.8 Å². The molecule has 2 aliphatic rings. The number of nitrogens with one attached hydrogen (secondary N) is 1. The standard InChI is InChI=1S/C19H22F2N11O8PS/c20-8-11(34)7(39-17(8)31-5-26-9-13(22)24-4-25-14(9)31)2-38-41(36,42)40-19(3-37-6(1-33)12(19)21)32-15-10(29-30-32)16(35)28-18(23)27-15/h4-8,11-12,17,33-34H,1-3H2,(H,36,42)(H2,22,24,25)(H3,23,27,28,35)/t6-,7-,8+,11-,12+,17-,19+,41?/m1/s1. The van der Waals surface area contributed by atoms with Gasteiger partial charge in [-0.2, -0.15) is 9.67 Å². The molecule has 2 aliphatic heterocycles. The second-order valence-electron chi connectivity index (χ2n) is 9.34. The molecule has 0 aliphatic carbocycles. The monoisotopic (exact) mass is 633 g/mol. The van der Waals surface area contributed by atoms with Gasteiger partial charge < -0.3 is 40.6 Å². The number of aromatic amines is 1. The van der Waals surface area contributed by atoms with Crippen molar-refractivity contribution in [2.24, 2.45) is 0 Å². The first kappa shape index (κ1) is 28.8. The van der Waals surface area contributed by atoms with Crippen LogP contribution in [-0.4, -0.2) is 110 Å². The zero-order valence-corrected chi connectivity index (χ0v) is 22.7. The number of alkyl halides is 2. The zero-order chi connectivity index (χ0) is 30.0. The molecule has 4 aromatic rings. The lowest BCUT2D eigenvalue weighted by Gasteiger charge is -2.33. The number of nitrogens with two attached hydrogens (primary N) is 2. The average Bonchev–Trinajstić information content (AvgIpc) is 3.70. The van der Waals surface area contributed by atoms with Crippen molar-refractivity contribution in [1.82, 2.24) is 44.5 Å². The topological polar surface area (TPSA) is 270 Å². The number of hydrogen-bond acceptors (Lipinski definition) is 16. The lowest BCUT2D eigenvalue weighted by Crippen LogP contribution is -2.47. The van der Waals surface area contributed by atoms with Gasteiger partial charge >= 0.3 is 6.72 Å². The van der Waals surface area contributed by atoms with Gasteiger partial charge in [-0.1, -0.05) is 5.21 Å². The summed E-state index contributed by atoms with van der Waals surface area (Å²) in [4.78, 5) is 41.2. The van der Waals surface area contributed by atoms with Crippen molar-refractivity contribution in [2.75, 3.05) is 31.3 Å². The van der Waals surface area contributed by atoms with E-state index in [1.807, 2.05) is 0 Å². The number of imidazole rings is 1. The third-order valence-electron chi connectivity index (χ3n) is 6.76. The molecule has 8 atom stereocenters. The number of halogens is 2. The minimum absolute atomic E-state index is 0.0489. The lowest BCUT2D eigenvalue weighted by atomic mass is 10.1. The fourth-order valence-corrected chi connectivity index (χ4v) is 6.32. The van der Waals surface area contributed by atoms with E-state index in [1.165, 1.54) is 10.9 Å². The molecule has 0 radical (unpaired) electrons. The molecule has 8 N–H and O–H groups in total. The van der Waals surface area contributed by atoms with Crippen LogP contribution in [0.4, 0.5) is 20.5 Å². The highest BCUT2D eigenvalue weighted by Crippen LogP contribution is 2.53. The summed E-state index contributed by atoms with van der Waals surface area (Å²) in [5, 5.41) is 27.5. The van der Waals surface area contributed by atoms with E-state index < -0.39 is 74.7 Å². The summed E-state index contributed by atoms with van der Waals surface area (Å²) in [6.45, 7) is -6.72. The minimum atomic E-state index is -4.52. The highest BCUT2D eigenvalue weighted by molar-refractivity contribution is 8.07. The van der Waals surface area contributed by atoms with Gasteiger partial charge in [-0.15, -0.1) is 5.10 Å². The molecule has 2 fully saturated rings. The van der Waals surface area contributed by atoms with Crippen molar-refractivity contribution in [3.63, 3.8) is 0 Å². The van der Waals surface area contributed by atoms with E-state index in [0.29, 0.717) is 4.68 Å². The third kappa shape index (κ3) is 4.60. The Morgan fingerprint density at radius 1 is 1.24 bits per heavy atom. The van der Waals surface area contributed by atoms with Crippen molar-refractivity contribution < 1.29 is 42.4 Å². The normalized spacial score (nSPS) is 31.3. The Hall–Kier alpha value is -3.34. The van der Waals surface area contributed by atoms with Gasteiger partial charge in [0, 0.05) is 0 Å².